The summed E-state index contributed by atoms with van der Waals surface area (Å²) < 4.78 is 44.3. The molecule has 2 amide bonds. The monoisotopic (exact) mass is 442 g/mol. The van der Waals surface area contributed by atoms with Crippen molar-refractivity contribution in [3.05, 3.63) is 29.8 Å². The lowest BCUT2D eigenvalue weighted by Gasteiger charge is -2.31. The second-order valence-electron chi connectivity index (χ2n) is 6.86. The van der Waals surface area contributed by atoms with Crippen molar-refractivity contribution >= 4 is 41.0 Å². The van der Waals surface area contributed by atoms with E-state index in [2.05, 4.69) is 15.2 Å². The van der Waals surface area contributed by atoms with Crippen molar-refractivity contribution in [3.63, 3.8) is 0 Å². The number of hydrogen-bond acceptors (Lipinski definition) is 6. The molecule has 30 heavy (non-hydrogen) atoms. The van der Waals surface area contributed by atoms with Gasteiger partial charge in [0, 0.05) is 32.4 Å². The molecule has 3 rings (SSSR count). The lowest BCUT2D eigenvalue weighted by atomic mass is 10.1. The number of hydrogen-bond donors (Lipinski definition) is 1. The van der Waals surface area contributed by atoms with Crippen LogP contribution in [0.4, 0.5) is 18.9 Å². The van der Waals surface area contributed by atoms with Gasteiger partial charge in [-0.1, -0.05) is 6.07 Å². The second kappa shape index (κ2) is 9.63. The van der Waals surface area contributed by atoms with E-state index in [-0.39, 0.29) is 10.8 Å². The first kappa shape index (κ1) is 22.3. The van der Waals surface area contributed by atoms with Gasteiger partial charge in [0.25, 0.3) is 5.91 Å². The normalized spacial score (nSPS) is 21.4. The summed E-state index contributed by atoms with van der Waals surface area (Å²) in [4.78, 5) is 32.3. The summed E-state index contributed by atoms with van der Waals surface area (Å²) in [6.07, 6.45) is -2.59. The number of nitrogens with zero attached hydrogens (tertiary/aromatic N) is 3. The van der Waals surface area contributed by atoms with Crippen LogP contribution < -0.4 is 10.2 Å². The fourth-order valence-corrected chi connectivity index (χ4v) is 3.47. The summed E-state index contributed by atoms with van der Waals surface area (Å²) in [6, 6.07) is 4.22. The zero-order chi connectivity index (χ0) is 21.7. The van der Waals surface area contributed by atoms with Gasteiger partial charge in [0.2, 0.25) is 5.91 Å². The highest BCUT2D eigenvalue weighted by molar-refractivity contribution is 7.80. The van der Waals surface area contributed by atoms with E-state index in [0.717, 1.165) is 43.1 Å². The highest BCUT2D eigenvalue weighted by Gasteiger charge is 2.39. The molecule has 0 radical (unpaired) electrons. The number of alkyl halides is 3. The molecule has 11 heteroatoms. The quantitative estimate of drug-likeness (QED) is 0.315. The Morgan fingerprint density at radius 3 is 2.70 bits per heavy atom. The molecule has 162 valence electrons. The van der Waals surface area contributed by atoms with Crippen molar-refractivity contribution in [3.8, 4) is 0 Å². The Morgan fingerprint density at radius 1 is 1.27 bits per heavy atom. The molecule has 1 aromatic rings. The van der Waals surface area contributed by atoms with E-state index in [9.17, 15) is 22.8 Å². The molecule has 7 nitrogen and oxygen atoms in total. The van der Waals surface area contributed by atoms with E-state index in [1.165, 1.54) is 18.3 Å². The number of carbonyl (C=O) groups is 2. The number of anilines is 1. The van der Waals surface area contributed by atoms with Gasteiger partial charge in [-0.15, -0.1) is 0 Å². The average molecular weight is 442 g/mol. The molecular weight excluding hydrogens is 421 g/mol. The minimum atomic E-state index is -4.57. The van der Waals surface area contributed by atoms with Gasteiger partial charge < -0.3 is 10.1 Å². The van der Waals surface area contributed by atoms with Crippen LogP contribution in [0.1, 0.15) is 12.0 Å². The number of halogens is 3. The molecular formula is C19H21F3N4O3S. The lowest BCUT2D eigenvalue weighted by Crippen LogP contribution is -2.58. The molecule has 2 aliphatic heterocycles. The number of ether oxygens (including phenoxy) is 1. The van der Waals surface area contributed by atoms with Crippen LogP contribution in [0, 0.1) is 5.92 Å². The number of rotatable bonds is 6. The molecule has 0 aromatic heterocycles. The Kier molecular flexibility index (Phi) is 7.16. The van der Waals surface area contributed by atoms with E-state index in [0.29, 0.717) is 19.8 Å². The molecule has 1 aromatic carbocycles. The summed E-state index contributed by atoms with van der Waals surface area (Å²) in [6.45, 7) is 4.36. The van der Waals surface area contributed by atoms with Crippen molar-refractivity contribution in [1.29, 1.82) is 0 Å². The van der Waals surface area contributed by atoms with Gasteiger partial charge in [-0.3, -0.25) is 24.4 Å². The molecule has 0 spiro atoms. The SMILES string of the molecule is O=C1NC(=S)N(c2cccc(C(F)(F)F)c2)C(=O)C1C=NCCCN1CCOCC1. The van der Waals surface area contributed by atoms with Gasteiger partial charge in [0.05, 0.1) is 24.5 Å². The third-order valence-corrected chi connectivity index (χ3v) is 5.04. The van der Waals surface area contributed by atoms with Crippen molar-refractivity contribution in [2.75, 3.05) is 44.3 Å². The summed E-state index contributed by atoms with van der Waals surface area (Å²) >= 11 is 5.01. The van der Waals surface area contributed by atoms with E-state index >= 15 is 0 Å². The lowest BCUT2D eigenvalue weighted by molar-refractivity contribution is -0.137. The number of thiocarbonyl (C=S) groups is 1. The van der Waals surface area contributed by atoms with Gasteiger partial charge >= 0.3 is 6.18 Å². The van der Waals surface area contributed by atoms with Crippen LogP contribution >= 0.6 is 12.2 Å². The Labute approximate surface area is 176 Å². The van der Waals surface area contributed by atoms with Crippen molar-refractivity contribution in [2.24, 2.45) is 10.9 Å². The largest absolute Gasteiger partial charge is 0.416 e. The number of aliphatic imine (C=N–C) groups is 1. The van der Waals surface area contributed by atoms with Crippen LogP contribution in [0.3, 0.4) is 0 Å². The number of morpholine rings is 1. The Balaban J connectivity index is 1.65. The highest BCUT2D eigenvalue weighted by Crippen LogP contribution is 2.32. The molecule has 2 fully saturated rings. The van der Waals surface area contributed by atoms with Gasteiger partial charge in [0.1, 0.15) is 0 Å². The van der Waals surface area contributed by atoms with Gasteiger partial charge in [0.15, 0.2) is 11.0 Å². The minimum Gasteiger partial charge on any atom is -0.379 e. The summed E-state index contributed by atoms with van der Waals surface area (Å²) in [5, 5.41) is 2.10. The molecule has 1 atom stereocenters. The molecule has 2 aliphatic rings. The number of amides is 2. The molecule has 0 bridgehead atoms. The van der Waals surface area contributed by atoms with Crippen LogP contribution in [-0.2, 0) is 20.5 Å². The van der Waals surface area contributed by atoms with E-state index in [4.69, 9.17) is 17.0 Å². The van der Waals surface area contributed by atoms with Crippen LogP contribution in [0.15, 0.2) is 29.3 Å². The third kappa shape index (κ3) is 5.41. The maximum Gasteiger partial charge on any atom is 0.416 e. The zero-order valence-electron chi connectivity index (χ0n) is 16.0. The van der Waals surface area contributed by atoms with E-state index in [1.807, 2.05) is 0 Å². The topological polar surface area (TPSA) is 74.2 Å². The van der Waals surface area contributed by atoms with Crippen LogP contribution in [0.25, 0.3) is 0 Å². The summed E-state index contributed by atoms with van der Waals surface area (Å²) in [5.74, 6) is -2.64. The maximum atomic E-state index is 13.0. The average Bonchev–Trinajstić information content (AvgIpc) is 2.70. The molecule has 0 saturated carbocycles. The molecule has 2 saturated heterocycles. The van der Waals surface area contributed by atoms with Crippen molar-refractivity contribution in [1.82, 2.24) is 10.2 Å². The summed E-state index contributed by atoms with van der Waals surface area (Å²) in [7, 11) is 0. The zero-order valence-corrected chi connectivity index (χ0v) is 16.8. The smallest absolute Gasteiger partial charge is 0.379 e. The second-order valence-corrected chi connectivity index (χ2v) is 7.24. The first-order chi connectivity index (χ1) is 14.3. The first-order valence-electron chi connectivity index (χ1n) is 9.43. The van der Waals surface area contributed by atoms with Crippen LogP contribution in [0.2, 0.25) is 0 Å². The predicted octanol–water partition coefficient (Wildman–Crippen LogP) is 1.86. The molecule has 0 aliphatic carbocycles. The maximum absolute atomic E-state index is 13.0. The molecule has 1 unspecified atom stereocenters. The fraction of sp³-hybridized carbons (Fsp3) is 0.474. The minimum absolute atomic E-state index is 0.0643. The van der Waals surface area contributed by atoms with Gasteiger partial charge in [-0.2, -0.15) is 13.2 Å². The Bertz CT molecular complexity index is 841. The van der Waals surface area contributed by atoms with Gasteiger partial charge in [-0.05, 0) is 36.8 Å². The fourth-order valence-electron chi connectivity index (χ4n) is 3.18. The predicted molar refractivity (Wildman–Crippen MR) is 108 cm³/mol. The standard InChI is InChI=1S/C19H21F3N4O3S/c20-19(21,22)13-3-1-4-14(11-13)26-17(28)15(16(27)24-18(26)30)12-23-5-2-6-25-7-9-29-10-8-25/h1,3-4,11-12,15H,2,5-10H2,(H,24,27,30). The highest BCUT2D eigenvalue weighted by atomic mass is 32.1. The third-order valence-electron chi connectivity index (χ3n) is 4.75. The Hall–Kier alpha value is -2.37. The number of nitrogens with one attached hydrogen (secondary N) is 1. The van der Waals surface area contributed by atoms with E-state index < -0.39 is 29.5 Å². The van der Waals surface area contributed by atoms with E-state index in [1.54, 1.807) is 0 Å². The number of carbonyl (C=O) groups excluding carboxylic acids is 2. The van der Waals surface area contributed by atoms with Crippen molar-refractivity contribution in [2.45, 2.75) is 12.6 Å². The first-order valence-corrected chi connectivity index (χ1v) is 9.84. The van der Waals surface area contributed by atoms with Crippen LogP contribution in [0.5, 0.6) is 0 Å². The molecule has 2 heterocycles. The molecule has 1 N–H and O–H groups in total. The van der Waals surface area contributed by atoms with Crippen LogP contribution in [-0.4, -0.2) is 67.4 Å². The van der Waals surface area contributed by atoms with Crippen molar-refractivity contribution < 1.29 is 27.5 Å². The summed E-state index contributed by atoms with van der Waals surface area (Å²) in [5.41, 5.74) is -0.980. The van der Waals surface area contributed by atoms with Gasteiger partial charge in [-0.25, -0.2) is 0 Å². The Morgan fingerprint density at radius 2 is 2.00 bits per heavy atom. The number of benzene rings is 1.